The molecule has 1 amide bonds. The highest BCUT2D eigenvalue weighted by Gasteiger charge is 2.16. The summed E-state index contributed by atoms with van der Waals surface area (Å²) < 4.78 is 0. The Morgan fingerprint density at radius 1 is 1.50 bits per heavy atom. The van der Waals surface area contributed by atoms with Crippen molar-refractivity contribution in [2.45, 2.75) is 6.54 Å². The molecule has 18 heavy (non-hydrogen) atoms. The quantitative estimate of drug-likeness (QED) is 0.649. The van der Waals surface area contributed by atoms with Crippen LogP contribution >= 0.6 is 11.6 Å². The van der Waals surface area contributed by atoms with E-state index in [4.69, 9.17) is 11.6 Å². The average molecular weight is 272 g/mol. The predicted octanol–water partition coefficient (Wildman–Crippen LogP) is 1.43. The lowest BCUT2D eigenvalue weighted by Gasteiger charge is -2.11. The lowest BCUT2D eigenvalue weighted by Crippen LogP contribution is -2.32. The van der Waals surface area contributed by atoms with Crippen LogP contribution in [0.25, 0.3) is 0 Å². The highest BCUT2D eigenvalue weighted by atomic mass is 35.5. The minimum Gasteiger partial charge on any atom is -0.348 e. The number of nitrogens with zero attached hydrogens (tertiary/aromatic N) is 2. The smallest absolute Gasteiger partial charge is 0.275 e. The van der Waals surface area contributed by atoms with Gasteiger partial charge in [0.2, 0.25) is 5.91 Å². The highest BCUT2D eigenvalue weighted by Crippen LogP contribution is 2.25. The molecule has 0 heterocycles. The fourth-order valence-corrected chi connectivity index (χ4v) is 1.58. The van der Waals surface area contributed by atoms with E-state index in [1.807, 2.05) is 0 Å². The van der Waals surface area contributed by atoms with Gasteiger partial charge < -0.3 is 10.2 Å². The van der Waals surface area contributed by atoms with E-state index in [2.05, 4.69) is 5.32 Å². The van der Waals surface area contributed by atoms with Crippen molar-refractivity contribution in [3.63, 3.8) is 0 Å². The summed E-state index contributed by atoms with van der Waals surface area (Å²) in [4.78, 5) is 23.1. The fourth-order valence-electron chi connectivity index (χ4n) is 1.35. The maximum Gasteiger partial charge on any atom is 0.275 e. The first-order chi connectivity index (χ1) is 8.43. The number of halogens is 1. The molecule has 0 aliphatic rings. The van der Waals surface area contributed by atoms with Gasteiger partial charge in [0.1, 0.15) is 0 Å². The van der Waals surface area contributed by atoms with Crippen molar-refractivity contribution < 1.29 is 9.72 Å². The van der Waals surface area contributed by atoms with Gasteiger partial charge in [0.25, 0.3) is 5.69 Å². The number of hydrogen-bond donors (Lipinski definition) is 1. The Bertz CT molecular complexity index is 463. The van der Waals surface area contributed by atoms with Crippen LogP contribution < -0.4 is 5.32 Å². The number of benzene rings is 1. The lowest BCUT2D eigenvalue weighted by atomic mass is 10.2. The van der Waals surface area contributed by atoms with E-state index < -0.39 is 4.92 Å². The number of rotatable bonds is 5. The predicted molar refractivity (Wildman–Crippen MR) is 68.5 cm³/mol. The molecule has 1 rings (SSSR count). The summed E-state index contributed by atoms with van der Waals surface area (Å²) in [5, 5.41) is 14.0. The maximum atomic E-state index is 11.3. The molecule has 0 fully saturated rings. The van der Waals surface area contributed by atoms with E-state index in [-0.39, 0.29) is 24.7 Å². The summed E-state index contributed by atoms with van der Waals surface area (Å²) in [5.41, 5.74) is 0.336. The van der Waals surface area contributed by atoms with Crippen LogP contribution in [0, 0.1) is 10.1 Å². The summed E-state index contributed by atoms with van der Waals surface area (Å²) in [5.74, 6) is -0.107. The van der Waals surface area contributed by atoms with Crippen LogP contribution in [0.2, 0.25) is 5.02 Å². The van der Waals surface area contributed by atoms with Gasteiger partial charge in [0, 0.05) is 26.7 Å². The Morgan fingerprint density at radius 3 is 2.72 bits per heavy atom. The van der Waals surface area contributed by atoms with Crippen molar-refractivity contribution in [1.82, 2.24) is 10.2 Å². The van der Waals surface area contributed by atoms with Gasteiger partial charge in [0.05, 0.1) is 22.1 Å². The monoisotopic (exact) mass is 271 g/mol. The second-order valence-electron chi connectivity index (χ2n) is 3.89. The molecule has 98 valence electrons. The number of likely N-dealkylation sites (N-methyl/N-ethyl adjacent to an activating group) is 1. The van der Waals surface area contributed by atoms with Gasteiger partial charge in [-0.1, -0.05) is 17.7 Å². The molecule has 0 atom stereocenters. The number of amides is 1. The van der Waals surface area contributed by atoms with Crippen LogP contribution in [0.15, 0.2) is 18.2 Å². The third-order valence-electron chi connectivity index (χ3n) is 2.37. The number of nitro groups is 1. The zero-order valence-corrected chi connectivity index (χ0v) is 10.9. The molecule has 0 saturated carbocycles. The van der Waals surface area contributed by atoms with Crippen LogP contribution in [0.5, 0.6) is 0 Å². The van der Waals surface area contributed by atoms with Gasteiger partial charge >= 0.3 is 0 Å². The van der Waals surface area contributed by atoms with Crippen LogP contribution in [0.3, 0.4) is 0 Å². The van der Waals surface area contributed by atoms with Gasteiger partial charge in [-0.25, -0.2) is 0 Å². The minimum atomic E-state index is -0.489. The van der Waals surface area contributed by atoms with E-state index in [0.29, 0.717) is 10.6 Å². The Balaban J connectivity index is 2.73. The SMILES string of the molecule is CN(C)C(=O)CNCc1c(Cl)cccc1[N+](=O)[O-]. The highest BCUT2D eigenvalue weighted by molar-refractivity contribution is 6.31. The molecular weight excluding hydrogens is 258 g/mol. The van der Waals surface area contributed by atoms with E-state index in [1.54, 1.807) is 20.2 Å². The molecule has 1 aromatic rings. The topological polar surface area (TPSA) is 75.5 Å². The van der Waals surface area contributed by atoms with Gasteiger partial charge in [-0.15, -0.1) is 0 Å². The molecule has 6 nitrogen and oxygen atoms in total. The zero-order chi connectivity index (χ0) is 13.7. The lowest BCUT2D eigenvalue weighted by molar-refractivity contribution is -0.385. The Hall–Kier alpha value is -1.66. The fraction of sp³-hybridized carbons (Fsp3) is 0.364. The average Bonchev–Trinajstić information content (AvgIpc) is 2.30. The Kier molecular flexibility index (Phi) is 5.06. The number of nitrogens with one attached hydrogen (secondary N) is 1. The van der Waals surface area contributed by atoms with Crippen LogP contribution in [0.4, 0.5) is 5.69 Å². The Labute approximate surface area is 110 Å². The molecule has 7 heteroatoms. The Morgan fingerprint density at radius 2 is 2.17 bits per heavy atom. The summed E-state index contributed by atoms with van der Waals surface area (Å²) in [6, 6.07) is 4.49. The normalized spacial score (nSPS) is 10.2. The van der Waals surface area contributed by atoms with Crippen molar-refractivity contribution in [3.8, 4) is 0 Å². The molecule has 0 aliphatic carbocycles. The molecule has 0 aromatic heterocycles. The second kappa shape index (κ2) is 6.32. The summed E-state index contributed by atoms with van der Waals surface area (Å²) in [6.45, 7) is 0.283. The standard InChI is InChI=1S/C11H14ClN3O3/c1-14(2)11(16)7-13-6-8-9(12)4-3-5-10(8)15(17)18/h3-5,13H,6-7H2,1-2H3. The summed E-state index contributed by atoms with van der Waals surface area (Å²) in [7, 11) is 3.28. The minimum absolute atomic E-state index is 0.0488. The van der Waals surface area contributed by atoms with Gasteiger partial charge in [-0.3, -0.25) is 14.9 Å². The van der Waals surface area contributed by atoms with Gasteiger partial charge in [-0.05, 0) is 6.07 Å². The van der Waals surface area contributed by atoms with E-state index in [1.165, 1.54) is 17.0 Å². The number of hydrogen-bond acceptors (Lipinski definition) is 4. The molecule has 0 spiro atoms. The first-order valence-corrected chi connectivity index (χ1v) is 5.64. The molecular formula is C11H14ClN3O3. The molecule has 0 bridgehead atoms. The first-order valence-electron chi connectivity index (χ1n) is 5.26. The largest absolute Gasteiger partial charge is 0.348 e. The number of carbonyl (C=O) groups excluding carboxylic acids is 1. The van der Waals surface area contributed by atoms with Crippen molar-refractivity contribution in [3.05, 3.63) is 38.9 Å². The first kappa shape index (κ1) is 14.4. The van der Waals surface area contributed by atoms with Gasteiger partial charge in [-0.2, -0.15) is 0 Å². The second-order valence-corrected chi connectivity index (χ2v) is 4.29. The maximum absolute atomic E-state index is 11.3. The molecule has 0 radical (unpaired) electrons. The van der Waals surface area contributed by atoms with Crippen molar-refractivity contribution >= 4 is 23.2 Å². The van der Waals surface area contributed by atoms with Crippen LogP contribution in [-0.4, -0.2) is 36.4 Å². The third kappa shape index (κ3) is 3.68. The molecule has 1 N–H and O–H groups in total. The van der Waals surface area contributed by atoms with Crippen molar-refractivity contribution in [1.29, 1.82) is 0 Å². The molecule has 0 unspecified atom stereocenters. The van der Waals surface area contributed by atoms with Crippen molar-refractivity contribution in [2.24, 2.45) is 0 Å². The third-order valence-corrected chi connectivity index (χ3v) is 2.72. The van der Waals surface area contributed by atoms with Crippen LogP contribution in [-0.2, 0) is 11.3 Å². The van der Waals surface area contributed by atoms with E-state index >= 15 is 0 Å². The summed E-state index contributed by atoms with van der Waals surface area (Å²) >= 11 is 5.91. The number of nitro benzene ring substituents is 1. The van der Waals surface area contributed by atoms with Crippen molar-refractivity contribution in [2.75, 3.05) is 20.6 Å². The van der Waals surface area contributed by atoms with E-state index in [9.17, 15) is 14.9 Å². The van der Waals surface area contributed by atoms with E-state index in [0.717, 1.165) is 0 Å². The van der Waals surface area contributed by atoms with Gasteiger partial charge in [0.15, 0.2) is 0 Å². The molecule has 0 saturated heterocycles. The molecule has 0 aliphatic heterocycles. The summed E-state index contributed by atoms with van der Waals surface area (Å²) in [6.07, 6.45) is 0. The zero-order valence-electron chi connectivity index (χ0n) is 10.1. The number of carbonyl (C=O) groups is 1. The molecule has 1 aromatic carbocycles. The van der Waals surface area contributed by atoms with Crippen LogP contribution in [0.1, 0.15) is 5.56 Å².